The number of nitrogens with one attached hydrogen (secondary N) is 2. The van der Waals surface area contributed by atoms with Gasteiger partial charge in [-0.05, 0) is 18.9 Å². The summed E-state index contributed by atoms with van der Waals surface area (Å²) in [4.78, 5) is 4.20. The maximum Gasteiger partial charge on any atom is 0.191 e. The highest BCUT2D eigenvalue weighted by Gasteiger charge is 2.17. The van der Waals surface area contributed by atoms with Crippen LogP contribution in [0.5, 0.6) is 0 Å². The summed E-state index contributed by atoms with van der Waals surface area (Å²) in [5.74, 6) is 1.87. The predicted molar refractivity (Wildman–Crippen MR) is 102 cm³/mol. The lowest BCUT2D eigenvalue weighted by atomic mass is 10.2. The fourth-order valence-corrected chi connectivity index (χ4v) is 3.55. The second-order valence-corrected chi connectivity index (χ2v) is 7.71. The zero-order valence-electron chi connectivity index (χ0n) is 15.1. The molecule has 1 saturated heterocycles. The number of nitrogens with zero attached hydrogens (tertiary/aromatic N) is 1. The van der Waals surface area contributed by atoms with Gasteiger partial charge in [0, 0.05) is 48.5 Å². The summed E-state index contributed by atoms with van der Waals surface area (Å²) >= 11 is 0. The third-order valence-electron chi connectivity index (χ3n) is 3.87. The highest BCUT2D eigenvalue weighted by Crippen LogP contribution is 2.08. The van der Waals surface area contributed by atoms with E-state index in [9.17, 15) is 4.21 Å². The fraction of sp³-hybridized carbons (Fsp3) is 0.611. The predicted octanol–water partition coefficient (Wildman–Crippen LogP) is 1.29. The van der Waals surface area contributed by atoms with E-state index in [1.807, 2.05) is 30.3 Å². The summed E-state index contributed by atoms with van der Waals surface area (Å²) in [5, 5.41) is 6.50. The van der Waals surface area contributed by atoms with Gasteiger partial charge in [-0.25, -0.2) is 0 Å². The normalized spacial score (nSPS) is 20.2. The smallest absolute Gasteiger partial charge is 0.191 e. The first-order valence-electron chi connectivity index (χ1n) is 8.73. The van der Waals surface area contributed by atoms with Gasteiger partial charge in [0.25, 0.3) is 0 Å². The standard InChI is InChI=1S/C18H29N3O3S/c1-15(12-24-17-8-10-23-13-17)21-18(19-2)20-9-11-25(22)14-16-6-4-3-5-7-16/h3-7,15,17H,8-14H2,1-2H3,(H2,19,20,21). The molecule has 0 aromatic heterocycles. The molecule has 3 unspecified atom stereocenters. The average molecular weight is 368 g/mol. The topological polar surface area (TPSA) is 72.0 Å². The Bertz CT molecular complexity index is 548. The second kappa shape index (κ2) is 11.2. The molecule has 1 aliphatic rings. The number of guanidine groups is 1. The van der Waals surface area contributed by atoms with E-state index in [0.29, 0.717) is 37.2 Å². The summed E-state index contributed by atoms with van der Waals surface area (Å²) in [6.07, 6.45) is 1.17. The molecular formula is C18H29N3O3S. The molecule has 7 heteroatoms. The molecule has 1 heterocycles. The molecule has 1 aromatic carbocycles. The van der Waals surface area contributed by atoms with E-state index in [1.54, 1.807) is 7.05 Å². The van der Waals surface area contributed by atoms with Gasteiger partial charge in [0.1, 0.15) is 0 Å². The number of hydrogen-bond donors (Lipinski definition) is 2. The maximum atomic E-state index is 12.1. The summed E-state index contributed by atoms with van der Waals surface area (Å²) in [5.41, 5.74) is 1.10. The number of aliphatic imine (C=N–C) groups is 1. The summed E-state index contributed by atoms with van der Waals surface area (Å²) in [7, 11) is 0.840. The minimum atomic E-state index is -0.891. The lowest BCUT2D eigenvalue weighted by molar-refractivity contribution is 0.0348. The molecule has 0 bridgehead atoms. The van der Waals surface area contributed by atoms with Gasteiger partial charge in [-0.2, -0.15) is 0 Å². The maximum absolute atomic E-state index is 12.1. The highest BCUT2D eigenvalue weighted by atomic mass is 32.2. The van der Waals surface area contributed by atoms with Crippen molar-refractivity contribution in [3.05, 3.63) is 35.9 Å². The van der Waals surface area contributed by atoms with Crippen LogP contribution in [0, 0.1) is 0 Å². The molecule has 1 fully saturated rings. The molecule has 2 rings (SSSR count). The Labute approximate surface area is 152 Å². The van der Waals surface area contributed by atoms with Gasteiger partial charge >= 0.3 is 0 Å². The van der Waals surface area contributed by atoms with E-state index in [4.69, 9.17) is 9.47 Å². The van der Waals surface area contributed by atoms with Crippen molar-refractivity contribution < 1.29 is 13.7 Å². The molecule has 3 atom stereocenters. The van der Waals surface area contributed by atoms with E-state index < -0.39 is 10.8 Å². The first-order valence-corrected chi connectivity index (χ1v) is 10.2. The molecule has 1 aromatic rings. The first-order chi connectivity index (χ1) is 12.2. The van der Waals surface area contributed by atoms with E-state index in [0.717, 1.165) is 18.6 Å². The third kappa shape index (κ3) is 7.98. The van der Waals surface area contributed by atoms with Crippen molar-refractivity contribution in [3.63, 3.8) is 0 Å². The van der Waals surface area contributed by atoms with Crippen molar-refractivity contribution in [3.8, 4) is 0 Å². The molecule has 0 spiro atoms. The molecule has 0 aliphatic carbocycles. The Morgan fingerprint density at radius 1 is 1.44 bits per heavy atom. The van der Waals surface area contributed by atoms with Crippen LogP contribution in [0.25, 0.3) is 0 Å². The molecule has 1 aliphatic heterocycles. The molecule has 0 saturated carbocycles. The SMILES string of the molecule is CN=C(NCCS(=O)Cc1ccccc1)NC(C)COC1CCOC1. The van der Waals surface area contributed by atoms with Crippen LogP contribution in [0.3, 0.4) is 0 Å². The van der Waals surface area contributed by atoms with E-state index in [-0.39, 0.29) is 12.1 Å². The van der Waals surface area contributed by atoms with Crippen molar-refractivity contribution in [1.82, 2.24) is 10.6 Å². The zero-order chi connectivity index (χ0) is 17.9. The van der Waals surface area contributed by atoms with Crippen LogP contribution < -0.4 is 10.6 Å². The molecule has 6 nitrogen and oxygen atoms in total. The molecule has 25 heavy (non-hydrogen) atoms. The first kappa shape index (κ1) is 19.9. The molecule has 0 amide bonds. The Morgan fingerprint density at radius 2 is 2.24 bits per heavy atom. The molecule has 0 radical (unpaired) electrons. The Hall–Kier alpha value is -1.44. The summed E-state index contributed by atoms with van der Waals surface area (Å²) in [6.45, 7) is 4.75. The Morgan fingerprint density at radius 3 is 2.92 bits per heavy atom. The van der Waals surface area contributed by atoms with E-state index >= 15 is 0 Å². The van der Waals surface area contributed by atoms with Crippen LogP contribution in [-0.4, -0.2) is 61.5 Å². The van der Waals surface area contributed by atoms with Crippen molar-refractivity contribution in [2.45, 2.75) is 31.2 Å². The van der Waals surface area contributed by atoms with Crippen LogP contribution in [-0.2, 0) is 26.0 Å². The number of ether oxygens (including phenoxy) is 2. The Kier molecular flexibility index (Phi) is 8.93. The van der Waals surface area contributed by atoms with Crippen molar-refractivity contribution >= 4 is 16.8 Å². The molecule has 140 valence electrons. The van der Waals surface area contributed by atoms with Gasteiger partial charge in [0.05, 0.1) is 19.3 Å². The molecule has 2 N–H and O–H groups in total. The van der Waals surface area contributed by atoms with Gasteiger partial charge in [-0.15, -0.1) is 0 Å². The monoisotopic (exact) mass is 367 g/mol. The minimum Gasteiger partial charge on any atom is -0.379 e. The van der Waals surface area contributed by atoms with Gasteiger partial charge in [0.15, 0.2) is 5.96 Å². The minimum absolute atomic E-state index is 0.140. The molecular weight excluding hydrogens is 338 g/mol. The largest absolute Gasteiger partial charge is 0.379 e. The third-order valence-corrected chi connectivity index (χ3v) is 5.18. The number of hydrogen-bond acceptors (Lipinski definition) is 4. The van der Waals surface area contributed by atoms with Gasteiger partial charge in [-0.1, -0.05) is 30.3 Å². The van der Waals surface area contributed by atoms with Crippen LogP contribution in [0.2, 0.25) is 0 Å². The lowest BCUT2D eigenvalue weighted by Crippen LogP contribution is -2.45. The number of benzene rings is 1. The van der Waals surface area contributed by atoms with E-state index in [1.165, 1.54) is 0 Å². The van der Waals surface area contributed by atoms with E-state index in [2.05, 4.69) is 22.5 Å². The number of rotatable bonds is 9. The van der Waals surface area contributed by atoms with Crippen molar-refractivity contribution in [2.24, 2.45) is 4.99 Å². The van der Waals surface area contributed by atoms with Gasteiger partial charge in [-0.3, -0.25) is 9.20 Å². The van der Waals surface area contributed by atoms with Crippen LogP contribution in [0.1, 0.15) is 18.9 Å². The summed E-state index contributed by atoms with van der Waals surface area (Å²) < 4.78 is 23.2. The van der Waals surface area contributed by atoms with Crippen molar-refractivity contribution in [2.75, 3.05) is 39.2 Å². The summed E-state index contributed by atoms with van der Waals surface area (Å²) in [6, 6.07) is 10.1. The van der Waals surface area contributed by atoms with Crippen LogP contribution >= 0.6 is 0 Å². The van der Waals surface area contributed by atoms with Gasteiger partial charge in [0.2, 0.25) is 0 Å². The van der Waals surface area contributed by atoms with Crippen LogP contribution in [0.4, 0.5) is 0 Å². The van der Waals surface area contributed by atoms with Crippen LogP contribution in [0.15, 0.2) is 35.3 Å². The highest BCUT2D eigenvalue weighted by molar-refractivity contribution is 7.84. The van der Waals surface area contributed by atoms with Crippen molar-refractivity contribution in [1.29, 1.82) is 0 Å². The quantitative estimate of drug-likeness (QED) is 0.508. The second-order valence-electron chi connectivity index (χ2n) is 6.14. The lowest BCUT2D eigenvalue weighted by Gasteiger charge is -2.19. The van der Waals surface area contributed by atoms with Gasteiger partial charge < -0.3 is 20.1 Å². The zero-order valence-corrected chi connectivity index (χ0v) is 15.9. The average Bonchev–Trinajstić information content (AvgIpc) is 3.13. The fourth-order valence-electron chi connectivity index (χ4n) is 2.51. The Balaban J connectivity index is 1.61.